The van der Waals surface area contributed by atoms with Crippen LogP contribution in [-0.2, 0) is 9.53 Å². The number of benzene rings is 1. The number of carbonyl (C=O) groups is 1. The van der Waals surface area contributed by atoms with Gasteiger partial charge in [-0.25, -0.2) is 0 Å². The molecule has 1 saturated heterocycles. The van der Waals surface area contributed by atoms with Crippen LogP contribution in [0.5, 0.6) is 5.75 Å². The van der Waals surface area contributed by atoms with Crippen LogP contribution >= 0.6 is 11.6 Å². The van der Waals surface area contributed by atoms with Gasteiger partial charge in [-0.05, 0) is 31.0 Å². The Labute approximate surface area is 141 Å². The Hall–Kier alpha value is -1.30. The molecule has 0 spiro atoms. The van der Waals surface area contributed by atoms with E-state index in [0.29, 0.717) is 16.5 Å². The molecular formula is C17H23ClN2O3. The number of hydrogen-bond acceptors (Lipinski definition) is 4. The summed E-state index contributed by atoms with van der Waals surface area (Å²) in [5.41, 5.74) is 5.84. The van der Waals surface area contributed by atoms with Gasteiger partial charge in [0.15, 0.2) is 0 Å². The second-order valence-corrected chi connectivity index (χ2v) is 7.34. The summed E-state index contributed by atoms with van der Waals surface area (Å²) in [5.74, 6) is 0.437. The van der Waals surface area contributed by atoms with Crippen LogP contribution in [0.15, 0.2) is 18.2 Å². The molecular weight excluding hydrogens is 316 g/mol. The molecule has 1 aliphatic carbocycles. The lowest BCUT2D eigenvalue weighted by Crippen LogP contribution is -2.81. The first kappa shape index (κ1) is 16.6. The number of hydrogen-bond donors (Lipinski definition) is 2. The molecule has 0 aromatic heterocycles. The third-order valence-electron chi connectivity index (χ3n) is 5.47. The van der Waals surface area contributed by atoms with Crippen molar-refractivity contribution in [2.45, 2.75) is 38.3 Å². The van der Waals surface area contributed by atoms with Crippen molar-refractivity contribution in [2.75, 3.05) is 19.0 Å². The minimum atomic E-state index is -0.940. The molecule has 3 unspecified atom stereocenters. The fourth-order valence-corrected chi connectivity index (χ4v) is 4.27. The van der Waals surface area contributed by atoms with Crippen LogP contribution in [0.2, 0.25) is 5.02 Å². The summed E-state index contributed by atoms with van der Waals surface area (Å²) in [5, 5.41) is 3.35. The highest BCUT2D eigenvalue weighted by atomic mass is 35.5. The number of carbonyl (C=O) groups excluding carboxylic acids is 1. The van der Waals surface area contributed by atoms with Gasteiger partial charge in [-0.15, -0.1) is 0 Å². The lowest BCUT2D eigenvalue weighted by molar-refractivity contribution is -0.222. The highest BCUT2D eigenvalue weighted by molar-refractivity contribution is 6.32. The Morgan fingerprint density at radius 3 is 2.87 bits per heavy atom. The highest BCUT2D eigenvalue weighted by Crippen LogP contribution is 2.57. The summed E-state index contributed by atoms with van der Waals surface area (Å²) in [6.07, 6.45) is 1.91. The number of amides is 1. The molecule has 1 aliphatic heterocycles. The van der Waals surface area contributed by atoms with Crippen LogP contribution in [0.25, 0.3) is 0 Å². The van der Waals surface area contributed by atoms with Crippen LogP contribution in [0, 0.1) is 11.3 Å². The molecule has 0 radical (unpaired) electrons. The zero-order chi connectivity index (χ0) is 16.8. The molecule has 6 heteroatoms. The van der Waals surface area contributed by atoms with E-state index in [9.17, 15) is 4.79 Å². The molecule has 0 bridgehead atoms. The minimum absolute atomic E-state index is 0.0476. The molecule has 1 heterocycles. The van der Waals surface area contributed by atoms with Crippen LogP contribution in [0.4, 0.5) is 5.69 Å². The average molecular weight is 339 g/mol. The molecule has 3 rings (SSSR count). The summed E-state index contributed by atoms with van der Waals surface area (Å²) >= 11 is 6.11. The number of rotatable bonds is 3. The van der Waals surface area contributed by atoms with E-state index in [4.69, 9.17) is 26.8 Å². The second-order valence-electron chi connectivity index (χ2n) is 6.93. The standard InChI is InChI=1S/C17H23ClN2O3/c1-16(2)14-11(5-4-8-23-14)17(16,19)15(21)20-10-6-7-13(22-3)12(18)9-10/h6-7,9,11,14H,4-5,8,19H2,1-3H3,(H,20,21). The maximum atomic E-state index is 12.9. The van der Waals surface area contributed by atoms with E-state index < -0.39 is 11.0 Å². The third-order valence-corrected chi connectivity index (χ3v) is 5.77. The van der Waals surface area contributed by atoms with Crippen molar-refractivity contribution in [3.8, 4) is 5.75 Å². The van der Waals surface area contributed by atoms with Gasteiger partial charge in [0, 0.05) is 23.6 Å². The Morgan fingerprint density at radius 1 is 1.48 bits per heavy atom. The number of nitrogens with two attached hydrogens (primary N) is 1. The smallest absolute Gasteiger partial charge is 0.245 e. The molecule has 2 aliphatic rings. The summed E-state index contributed by atoms with van der Waals surface area (Å²) in [7, 11) is 1.55. The van der Waals surface area contributed by atoms with E-state index in [2.05, 4.69) is 5.32 Å². The van der Waals surface area contributed by atoms with Crippen molar-refractivity contribution < 1.29 is 14.3 Å². The number of methoxy groups -OCH3 is 1. The molecule has 3 N–H and O–H groups in total. The van der Waals surface area contributed by atoms with Crippen LogP contribution in [-0.4, -0.2) is 31.3 Å². The van der Waals surface area contributed by atoms with Gasteiger partial charge in [0.2, 0.25) is 5.91 Å². The first-order valence-corrected chi connectivity index (χ1v) is 8.25. The van der Waals surface area contributed by atoms with Gasteiger partial charge >= 0.3 is 0 Å². The van der Waals surface area contributed by atoms with Gasteiger partial charge in [0.25, 0.3) is 0 Å². The highest BCUT2D eigenvalue weighted by Gasteiger charge is 2.70. The fraction of sp³-hybridized carbons (Fsp3) is 0.588. The lowest BCUT2D eigenvalue weighted by atomic mass is 9.46. The Morgan fingerprint density at radius 2 is 2.22 bits per heavy atom. The Kier molecular flexibility index (Phi) is 4.07. The summed E-state index contributed by atoms with van der Waals surface area (Å²) < 4.78 is 11.0. The SMILES string of the molecule is COc1ccc(NC(=O)C2(N)C3CCCOC3C2(C)C)cc1Cl. The number of fused-ring (bicyclic) bond motifs is 1. The summed E-state index contributed by atoms with van der Waals surface area (Å²) in [4.78, 5) is 12.9. The molecule has 1 amide bonds. The predicted octanol–water partition coefficient (Wildman–Crippen LogP) is 2.82. The number of anilines is 1. The van der Waals surface area contributed by atoms with Gasteiger partial charge in [0.1, 0.15) is 11.3 Å². The van der Waals surface area contributed by atoms with E-state index in [-0.39, 0.29) is 17.9 Å². The van der Waals surface area contributed by atoms with E-state index >= 15 is 0 Å². The zero-order valence-electron chi connectivity index (χ0n) is 13.7. The Bertz CT molecular complexity index is 634. The number of nitrogens with one attached hydrogen (secondary N) is 1. The third kappa shape index (κ3) is 2.33. The van der Waals surface area contributed by atoms with Gasteiger partial charge in [0.05, 0.1) is 18.2 Å². The largest absolute Gasteiger partial charge is 0.495 e. The van der Waals surface area contributed by atoms with E-state index in [1.807, 2.05) is 13.8 Å². The monoisotopic (exact) mass is 338 g/mol. The van der Waals surface area contributed by atoms with Crippen LogP contribution in [0.3, 0.4) is 0 Å². The van der Waals surface area contributed by atoms with E-state index in [1.54, 1.807) is 25.3 Å². The maximum Gasteiger partial charge on any atom is 0.245 e. The molecule has 1 saturated carbocycles. The molecule has 5 nitrogen and oxygen atoms in total. The van der Waals surface area contributed by atoms with E-state index in [1.165, 1.54) is 0 Å². The topological polar surface area (TPSA) is 73.6 Å². The molecule has 3 atom stereocenters. The quantitative estimate of drug-likeness (QED) is 0.888. The Balaban J connectivity index is 1.81. The van der Waals surface area contributed by atoms with Gasteiger partial charge in [-0.3, -0.25) is 4.79 Å². The van der Waals surface area contributed by atoms with Crippen molar-refractivity contribution in [3.05, 3.63) is 23.2 Å². The molecule has 23 heavy (non-hydrogen) atoms. The van der Waals surface area contributed by atoms with Crippen molar-refractivity contribution in [1.29, 1.82) is 0 Å². The molecule has 1 aromatic rings. The zero-order valence-corrected chi connectivity index (χ0v) is 14.4. The van der Waals surface area contributed by atoms with E-state index in [0.717, 1.165) is 19.4 Å². The normalized spacial score (nSPS) is 31.7. The first-order chi connectivity index (χ1) is 10.8. The molecule has 2 fully saturated rings. The van der Waals surface area contributed by atoms with Crippen LogP contribution < -0.4 is 15.8 Å². The average Bonchev–Trinajstić information content (AvgIpc) is 2.54. The van der Waals surface area contributed by atoms with Crippen molar-refractivity contribution in [3.63, 3.8) is 0 Å². The number of halogens is 1. The summed E-state index contributed by atoms with van der Waals surface area (Å²) in [6.45, 7) is 4.75. The van der Waals surface area contributed by atoms with Crippen molar-refractivity contribution >= 4 is 23.2 Å². The second kappa shape index (κ2) is 5.65. The molecule has 1 aromatic carbocycles. The maximum absolute atomic E-state index is 12.9. The van der Waals surface area contributed by atoms with Crippen molar-refractivity contribution in [2.24, 2.45) is 17.1 Å². The predicted molar refractivity (Wildman–Crippen MR) is 89.8 cm³/mol. The van der Waals surface area contributed by atoms with Crippen LogP contribution in [0.1, 0.15) is 26.7 Å². The van der Waals surface area contributed by atoms with Gasteiger partial charge in [-0.2, -0.15) is 0 Å². The first-order valence-electron chi connectivity index (χ1n) is 7.88. The van der Waals surface area contributed by atoms with Gasteiger partial charge < -0.3 is 20.5 Å². The lowest BCUT2D eigenvalue weighted by Gasteiger charge is -2.65. The van der Waals surface area contributed by atoms with Crippen molar-refractivity contribution in [1.82, 2.24) is 0 Å². The minimum Gasteiger partial charge on any atom is -0.495 e. The fourth-order valence-electron chi connectivity index (χ4n) is 4.02. The summed E-state index contributed by atoms with van der Waals surface area (Å²) in [6, 6.07) is 5.15. The number of ether oxygens (including phenoxy) is 2. The van der Waals surface area contributed by atoms with Gasteiger partial charge in [-0.1, -0.05) is 25.4 Å². The molecule has 126 valence electrons.